The maximum absolute atomic E-state index is 12.6. The van der Waals surface area contributed by atoms with Gasteiger partial charge in [0.1, 0.15) is 5.75 Å². The van der Waals surface area contributed by atoms with Crippen LogP contribution in [0, 0.1) is 10.6 Å². The summed E-state index contributed by atoms with van der Waals surface area (Å²) in [6.07, 6.45) is 9.12. The molecule has 46 heavy (non-hydrogen) atoms. The zero-order valence-electron chi connectivity index (χ0n) is 27.4. The zero-order valence-corrected chi connectivity index (χ0v) is 28.3. The van der Waals surface area contributed by atoms with Crippen LogP contribution in [0.4, 0.5) is 0 Å². The van der Waals surface area contributed by atoms with Gasteiger partial charge in [-0.15, -0.1) is 0 Å². The van der Waals surface area contributed by atoms with Crippen LogP contribution in [0.15, 0.2) is 59.3 Å². The summed E-state index contributed by atoms with van der Waals surface area (Å²) in [7, 11) is -2.15. The number of aliphatic hydroxyl groups excluding tert-OH is 1. The number of carbonyl (C=O) groups is 1. The van der Waals surface area contributed by atoms with Crippen LogP contribution < -0.4 is 30.3 Å². The number of allylic oxidation sites excluding steroid dienone is 2. The van der Waals surface area contributed by atoms with E-state index in [9.17, 15) is 23.4 Å². The molecule has 1 saturated carbocycles. The number of aliphatic carboxylic acids is 1. The van der Waals surface area contributed by atoms with Crippen LogP contribution in [0.2, 0.25) is 0 Å². The highest BCUT2D eigenvalue weighted by atomic mass is 32.2. The Hall–Kier alpha value is -4.18. The van der Waals surface area contributed by atoms with Crippen molar-refractivity contribution in [2.24, 2.45) is 0 Å². The van der Waals surface area contributed by atoms with Gasteiger partial charge in [0.25, 0.3) is 0 Å². The SMILES string of the molecule is CC=C(C(=O)[O-])C(NC(C)C)=C1C=c2cc(OC)ccc2=c2c(C3CCCCC3)c3ccc(=C(O)NS(=O)(=O)C(C)C)cc3n2C1. The van der Waals surface area contributed by atoms with Gasteiger partial charge in [-0.2, -0.15) is 0 Å². The molecule has 0 unspecified atom stereocenters. The summed E-state index contributed by atoms with van der Waals surface area (Å²) in [4.78, 5) is 12.4. The number of rotatable bonds is 9. The van der Waals surface area contributed by atoms with Crippen molar-refractivity contribution in [1.29, 1.82) is 0 Å². The Morgan fingerprint density at radius 3 is 2.41 bits per heavy atom. The molecule has 3 N–H and O–H groups in total. The molecule has 5 rings (SSSR count). The first kappa shape index (κ1) is 33.2. The van der Waals surface area contributed by atoms with Crippen LogP contribution in [-0.2, 0) is 21.4 Å². The molecule has 246 valence electrons. The molecule has 2 heterocycles. The number of carbonyl (C=O) groups excluding carboxylic acids is 1. The van der Waals surface area contributed by atoms with E-state index in [4.69, 9.17) is 4.74 Å². The third kappa shape index (κ3) is 6.40. The molecule has 1 aromatic heterocycles. The number of aromatic nitrogens is 1. The van der Waals surface area contributed by atoms with E-state index >= 15 is 0 Å². The second-order valence-electron chi connectivity index (χ2n) is 12.7. The molecular weight excluding hydrogens is 602 g/mol. The van der Waals surface area contributed by atoms with E-state index in [2.05, 4.69) is 20.7 Å². The fraction of sp³-hybridized carbons (Fsp3) is 0.417. The lowest BCUT2D eigenvalue weighted by Crippen LogP contribution is -2.33. The van der Waals surface area contributed by atoms with E-state index in [-0.39, 0.29) is 11.6 Å². The normalized spacial score (nSPS) is 17.6. The van der Waals surface area contributed by atoms with Crippen molar-refractivity contribution in [3.05, 3.63) is 85.9 Å². The molecule has 9 nitrogen and oxygen atoms in total. The van der Waals surface area contributed by atoms with Gasteiger partial charge in [-0.25, -0.2) is 8.42 Å². The second-order valence-corrected chi connectivity index (χ2v) is 15.0. The van der Waals surface area contributed by atoms with Crippen molar-refractivity contribution in [3.63, 3.8) is 0 Å². The summed E-state index contributed by atoms with van der Waals surface area (Å²) < 4.78 is 35.4. The molecule has 1 aliphatic carbocycles. The molecule has 0 saturated heterocycles. The average Bonchev–Trinajstić information content (AvgIpc) is 3.22. The summed E-state index contributed by atoms with van der Waals surface area (Å²) in [6, 6.07) is 11.4. The maximum atomic E-state index is 12.6. The molecule has 2 aromatic carbocycles. The molecule has 1 aliphatic heterocycles. The van der Waals surface area contributed by atoms with Crippen LogP contribution in [0.1, 0.15) is 78.2 Å². The molecule has 1 fully saturated rings. The summed E-state index contributed by atoms with van der Waals surface area (Å²) in [5.41, 5.74) is 3.30. The molecule has 10 heteroatoms. The fourth-order valence-electron chi connectivity index (χ4n) is 6.65. The van der Waals surface area contributed by atoms with E-state index in [0.717, 1.165) is 57.9 Å². The standard InChI is InChI=1S/C36H45N3O6S/c1-7-28(36(41)42)33(37-21(2)3)26-17-25-18-27(45-6)14-16-29(25)34-32(23-11-9-8-10-12-23)30-15-13-24(19-31(30)39(34)20-26)35(40)38-46(43,44)22(4)5/h7,13-19,21-23,37-38,40H,8-12,20H2,1-6H3,(H,41,42)/p-1. The molecule has 0 spiro atoms. The third-order valence-corrected chi connectivity index (χ3v) is 10.7. The van der Waals surface area contributed by atoms with Gasteiger partial charge in [-0.3, -0.25) is 4.72 Å². The summed E-state index contributed by atoms with van der Waals surface area (Å²) in [6.45, 7) is 9.01. The van der Waals surface area contributed by atoms with Gasteiger partial charge in [-0.05, 0) is 106 Å². The minimum Gasteiger partial charge on any atom is -0.545 e. The first-order valence-corrected chi connectivity index (χ1v) is 17.6. The van der Waals surface area contributed by atoms with E-state index in [1.165, 1.54) is 12.0 Å². The fourth-order valence-corrected chi connectivity index (χ4v) is 7.27. The highest BCUT2D eigenvalue weighted by Crippen LogP contribution is 2.39. The number of nitrogens with one attached hydrogen (secondary N) is 2. The number of methoxy groups -OCH3 is 1. The van der Waals surface area contributed by atoms with E-state index in [1.54, 1.807) is 40.0 Å². The number of sulfonamides is 1. The number of carboxylic acids is 1. The third-order valence-electron chi connectivity index (χ3n) is 8.95. The molecule has 0 radical (unpaired) electrons. The Bertz CT molecular complexity index is 2070. The smallest absolute Gasteiger partial charge is 0.237 e. The number of hydrogen-bond donors (Lipinski definition) is 3. The number of aliphatic hydroxyl groups is 1. The van der Waals surface area contributed by atoms with Crippen molar-refractivity contribution in [1.82, 2.24) is 14.6 Å². The Morgan fingerprint density at radius 1 is 1.09 bits per heavy atom. The van der Waals surface area contributed by atoms with Gasteiger partial charge >= 0.3 is 0 Å². The van der Waals surface area contributed by atoms with Gasteiger partial charge in [-0.1, -0.05) is 31.4 Å². The summed E-state index contributed by atoms with van der Waals surface area (Å²) in [5.74, 6) is -0.733. The first-order chi connectivity index (χ1) is 21.9. The Kier molecular flexibility index (Phi) is 9.58. The largest absolute Gasteiger partial charge is 0.545 e. The Labute approximate surface area is 270 Å². The number of carboxylic acid groups (broad SMARTS) is 1. The van der Waals surface area contributed by atoms with Gasteiger partial charge in [0.15, 0.2) is 0 Å². The lowest BCUT2D eigenvalue weighted by Gasteiger charge is -2.22. The van der Waals surface area contributed by atoms with E-state index in [0.29, 0.717) is 29.1 Å². The highest BCUT2D eigenvalue weighted by molar-refractivity contribution is 7.90. The monoisotopic (exact) mass is 646 g/mol. The molecule has 2 aliphatic rings. The van der Waals surface area contributed by atoms with Crippen molar-refractivity contribution >= 4 is 38.9 Å². The van der Waals surface area contributed by atoms with Gasteiger partial charge in [0.2, 0.25) is 15.9 Å². The van der Waals surface area contributed by atoms with Crippen LogP contribution in [0.3, 0.4) is 0 Å². The predicted octanol–water partition coefficient (Wildman–Crippen LogP) is 3.68. The van der Waals surface area contributed by atoms with Crippen LogP contribution >= 0.6 is 0 Å². The highest BCUT2D eigenvalue weighted by Gasteiger charge is 2.26. The molecule has 0 amide bonds. The van der Waals surface area contributed by atoms with Gasteiger partial charge in [0, 0.05) is 38.7 Å². The zero-order chi connectivity index (χ0) is 33.3. The van der Waals surface area contributed by atoms with Crippen LogP contribution in [0.5, 0.6) is 5.75 Å². The number of fused-ring (bicyclic) bond motifs is 4. The van der Waals surface area contributed by atoms with Crippen LogP contribution in [0.25, 0.3) is 22.9 Å². The second kappa shape index (κ2) is 13.3. The Morgan fingerprint density at radius 2 is 1.80 bits per heavy atom. The topological polar surface area (TPSA) is 133 Å². The van der Waals surface area contributed by atoms with Crippen molar-refractivity contribution in [3.8, 4) is 5.75 Å². The van der Waals surface area contributed by atoms with Crippen molar-refractivity contribution in [2.45, 2.75) is 90.5 Å². The van der Waals surface area contributed by atoms with E-state index < -0.39 is 27.1 Å². The van der Waals surface area contributed by atoms with Crippen molar-refractivity contribution < 1.29 is 28.2 Å². The lowest BCUT2D eigenvalue weighted by atomic mass is 9.83. The summed E-state index contributed by atoms with van der Waals surface area (Å²) >= 11 is 0. The lowest BCUT2D eigenvalue weighted by molar-refractivity contribution is -0.298. The van der Waals surface area contributed by atoms with Gasteiger partial charge in [0.05, 0.1) is 30.2 Å². The number of benzene rings is 2. The molecule has 0 bridgehead atoms. The summed E-state index contributed by atoms with van der Waals surface area (Å²) in [5, 5.41) is 30.3. The molecule has 0 atom stereocenters. The van der Waals surface area contributed by atoms with Gasteiger partial charge < -0.3 is 29.6 Å². The quantitative estimate of drug-likeness (QED) is 0.302. The number of nitrogens with zero attached hydrogens (tertiary/aromatic N) is 1. The first-order valence-electron chi connectivity index (χ1n) is 16.0. The molecule has 3 aromatic rings. The van der Waals surface area contributed by atoms with Crippen LogP contribution in [-0.4, -0.2) is 42.5 Å². The predicted molar refractivity (Wildman–Crippen MR) is 179 cm³/mol. The number of ether oxygens (including phenoxy) is 1. The number of hydrogen-bond acceptors (Lipinski definition) is 7. The Balaban J connectivity index is 1.97. The van der Waals surface area contributed by atoms with Crippen molar-refractivity contribution in [2.75, 3.05) is 7.11 Å². The average molecular weight is 647 g/mol. The minimum atomic E-state index is -3.78. The molecular formula is C36H44N3O6S-. The maximum Gasteiger partial charge on any atom is 0.237 e. The minimum absolute atomic E-state index is 0.0616. The van der Waals surface area contributed by atoms with E-state index in [1.807, 2.05) is 44.2 Å².